The van der Waals surface area contributed by atoms with Crippen molar-refractivity contribution in [1.29, 1.82) is 0 Å². The summed E-state index contributed by atoms with van der Waals surface area (Å²) in [5.41, 5.74) is 6.48. The summed E-state index contributed by atoms with van der Waals surface area (Å²) in [7, 11) is 0. The summed E-state index contributed by atoms with van der Waals surface area (Å²) in [5.74, 6) is 0.251. The predicted octanol–water partition coefficient (Wildman–Crippen LogP) is 5.41. The number of anilines is 3. The molecule has 0 bridgehead atoms. The van der Waals surface area contributed by atoms with Gasteiger partial charge in [-0.25, -0.2) is 4.98 Å². The van der Waals surface area contributed by atoms with E-state index in [1.54, 1.807) is 0 Å². The molecule has 3 aliphatic heterocycles. The van der Waals surface area contributed by atoms with Crippen molar-refractivity contribution < 1.29 is 4.79 Å². The molecule has 0 N–H and O–H groups in total. The maximum Gasteiger partial charge on any atom is 0.227 e. The average molecular weight is 473 g/mol. The van der Waals surface area contributed by atoms with E-state index in [0.717, 1.165) is 49.7 Å². The molecule has 4 heterocycles. The van der Waals surface area contributed by atoms with Crippen LogP contribution in [0.5, 0.6) is 0 Å². The zero-order valence-electron chi connectivity index (χ0n) is 19.7. The number of thiazole rings is 1. The van der Waals surface area contributed by atoms with Crippen molar-refractivity contribution in [2.45, 2.75) is 51.5 Å². The topological polar surface area (TPSA) is 39.7 Å². The fourth-order valence-electron chi connectivity index (χ4n) is 5.50. The lowest BCUT2D eigenvalue weighted by molar-refractivity contribution is -0.117. The molecule has 5 nitrogen and oxygen atoms in total. The molecule has 2 aromatic carbocycles. The molecule has 2 fully saturated rings. The molecule has 0 saturated carbocycles. The Morgan fingerprint density at radius 2 is 1.62 bits per heavy atom. The summed E-state index contributed by atoms with van der Waals surface area (Å²) in [5, 5.41) is 1.10. The van der Waals surface area contributed by atoms with Gasteiger partial charge in [-0.15, -0.1) is 11.3 Å². The lowest BCUT2D eigenvalue weighted by atomic mass is 9.99. The molecule has 2 saturated heterocycles. The quantitative estimate of drug-likeness (QED) is 0.498. The van der Waals surface area contributed by atoms with Crippen LogP contribution < -0.4 is 14.7 Å². The Hall–Kier alpha value is -2.86. The Balaban J connectivity index is 1.12. The Morgan fingerprint density at radius 1 is 0.794 bits per heavy atom. The number of hydrogen-bond donors (Lipinski definition) is 0. The third-order valence-corrected chi connectivity index (χ3v) is 8.49. The molecule has 6 rings (SSSR count). The number of piperidine rings is 1. The van der Waals surface area contributed by atoms with E-state index >= 15 is 0 Å². The summed E-state index contributed by atoms with van der Waals surface area (Å²) in [6.45, 7) is 5.07. The molecule has 3 aliphatic rings. The van der Waals surface area contributed by atoms with E-state index in [0.29, 0.717) is 6.42 Å². The number of fused-ring (bicyclic) bond motifs is 1. The van der Waals surface area contributed by atoms with Crippen LogP contribution in [0, 0.1) is 0 Å². The number of benzene rings is 2. The lowest BCUT2D eigenvalue weighted by Crippen LogP contribution is -2.31. The number of hydrogen-bond acceptors (Lipinski definition) is 5. The van der Waals surface area contributed by atoms with Crippen LogP contribution in [-0.2, 0) is 24.2 Å². The number of amides is 1. The molecule has 34 heavy (non-hydrogen) atoms. The minimum absolute atomic E-state index is 0.251. The van der Waals surface area contributed by atoms with Crippen LogP contribution in [-0.4, -0.2) is 37.1 Å². The van der Waals surface area contributed by atoms with Gasteiger partial charge in [0.2, 0.25) is 5.91 Å². The highest BCUT2D eigenvalue weighted by Gasteiger charge is 2.24. The third kappa shape index (κ3) is 4.43. The molecule has 1 aromatic heterocycles. The molecule has 0 spiro atoms. The minimum Gasteiger partial charge on any atom is -0.372 e. The smallest absolute Gasteiger partial charge is 0.227 e. The van der Waals surface area contributed by atoms with Gasteiger partial charge < -0.3 is 14.7 Å². The predicted molar refractivity (Wildman–Crippen MR) is 140 cm³/mol. The van der Waals surface area contributed by atoms with E-state index < -0.39 is 0 Å². The van der Waals surface area contributed by atoms with Gasteiger partial charge in [-0.05, 0) is 73.1 Å². The molecule has 1 amide bonds. The summed E-state index contributed by atoms with van der Waals surface area (Å²) in [6.07, 6.45) is 9.63. The molecule has 176 valence electrons. The SMILES string of the molecule is O=C1CCCN1c1ccc2c(c1)CN(c1ncc(Cc3ccc(N4CCCCC4)cc3)s1)CC2. The van der Waals surface area contributed by atoms with Gasteiger partial charge in [-0.1, -0.05) is 18.2 Å². The van der Waals surface area contributed by atoms with Crippen molar-refractivity contribution >= 4 is 33.8 Å². The zero-order valence-corrected chi connectivity index (χ0v) is 20.5. The van der Waals surface area contributed by atoms with Crippen LogP contribution in [0.25, 0.3) is 0 Å². The first-order valence-corrected chi connectivity index (χ1v) is 13.5. The Bertz CT molecular complexity index is 1170. The maximum absolute atomic E-state index is 12.2. The number of aromatic nitrogens is 1. The molecule has 3 aromatic rings. The third-order valence-electron chi connectivity index (χ3n) is 7.43. The van der Waals surface area contributed by atoms with Crippen molar-refractivity contribution in [2.24, 2.45) is 0 Å². The maximum atomic E-state index is 12.2. The highest BCUT2D eigenvalue weighted by Crippen LogP contribution is 2.32. The van der Waals surface area contributed by atoms with Gasteiger partial charge in [-0.2, -0.15) is 0 Å². The van der Waals surface area contributed by atoms with E-state index in [2.05, 4.69) is 52.3 Å². The van der Waals surface area contributed by atoms with Crippen LogP contribution in [0.2, 0.25) is 0 Å². The van der Waals surface area contributed by atoms with Crippen LogP contribution in [0.15, 0.2) is 48.7 Å². The van der Waals surface area contributed by atoms with Gasteiger partial charge >= 0.3 is 0 Å². The Morgan fingerprint density at radius 3 is 2.41 bits per heavy atom. The monoisotopic (exact) mass is 472 g/mol. The van der Waals surface area contributed by atoms with Gasteiger partial charge in [-0.3, -0.25) is 4.79 Å². The molecular weight excluding hydrogens is 440 g/mol. The molecule has 6 heteroatoms. The van der Waals surface area contributed by atoms with Crippen LogP contribution >= 0.6 is 11.3 Å². The van der Waals surface area contributed by atoms with Gasteiger partial charge in [0.15, 0.2) is 5.13 Å². The fourth-order valence-corrected chi connectivity index (χ4v) is 6.47. The van der Waals surface area contributed by atoms with Crippen molar-refractivity contribution in [3.05, 3.63) is 70.2 Å². The highest BCUT2D eigenvalue weighted by molar-refractivity contribution is 7.15. The van der Waals surface area contributed by atoms with Crippen LogP contribution in [0.3, 0.4) is 0 Å². The lowest BCUT2D eigenvalue weighted by Gasteiger charge is -2.29. The van der Waals surface area contributed by atoms with Gasteiger partial charge in [0.05, 0.1) is 0 Å². The van der Waals surface area contributed by atoms with Crippen LogP contribution in [0.1, 0.15) is 53.7 Å². The van der Waals surface area contributed by atoms with Crippen LogP contribution in [0.4, 0.5) is 16.5 Å². The van der Waals surface area contributed by atoms with E-state index in [4.69, 9.17) is 4.98 Å². The second-order valence-corrected chi connectivity index (χ2v) is 10.9. The normalized spacial score (nSPS) is 18.5. The average Bonchev–Trinajstić information content (AvgIpc) is 3.53. The van der Waals surface area contributed by atoms with Gasteiger partial charge in [0.25, 0.3) is 0 Å². The van der Waals surface area contributed by atoms with Gasteiger partial charge in [0.1, 0.15) is 0 Å². The molecule has 0 aliphatic carbocycles. The highest BCUT2D eigenvalue weighted by atomic mass is 32.1. The summed E-state index contributed by atoms with van der Waals surface area (Å²) in [6, 6.07) is 15.7. The summed E-state index contributed by atoms with van der Waals surface area (Å²) >= 11 is 1.81. The van der Waals surface area contributed by atoms with Crippen molar-refractivity contribution in [2.75, 3.05) is 40.9 Å². The van der Waals surface area contributed by atoms with E-state index in [-0.39, 0.29) is 5.91 Å². The first-order valence-electron chi connectivity index (χ1n) is 12.7. The van der Waals surface area contributed by atoms with Gasteiger partial charge in [0, 0.05) is 68.0 Å². The fraction of sp³-hybridized carbons (Fsp3) is 0.429. The molecular formula is C28H32N4OS. The number of rotatable bonds is 5. The van der Waals surface area contributed by atoms with E-state index in [9.17, 15) is 4.79 Å². The Kier molecular flexibility index (Phi) is 6.00. The minimum atomic E-state index is 0.251. The zero-order chi connectivity index (χ0) is 22.9. The standard InChI is InChI=1S/C28H32N4OS/c33-27-5-4-15-32(27)25-11-8-22-12-16-31(20-23(22)18-25)28-29-19-26(34-28)17-21-6-9-24(10-7-21)30-13-2-1-3-14-30/h6-11,18-19H,1-5,12-17,20H2. The summed E-state index contributed by atoms with van der Waals surface area (Å²) in [4.78, 5) is 25.1. The molecule has 0 radical (unpaired) electrons. The second kappa shape index (κ2) is 9.41. The van der Waals surface area contributed by atoms with E-state index in [1.165, 1.54) is 59.6 Å². The summed E-state index contributed by atoms with van der Waals surface area (Å²) < 4.78 is 0. The molecule has 0 atom stereocenters. The number of carbonyl (C=O) groups excluding carboxylic acids is 1. The van der Waals surface area contributed by atoms with E-state index in [1.807, 2.05) is 22.4 Å². The second-order valence-electron chi connectivity index (χ2n) is 9.77. The first kappa shape index (κ1) is 21.7. The first-order chi connectivity index (χ1) is 16.7. The number of carbonyl (C=O) groups is 1. The molecule has 0 unspecified atom stereocenters. The number of nitrogens with zero attached hydrogens (tertiary/aromatic N) is 4. The van der Waals surface area contributed by atoms with Crippen molar-refractivity contribution in [1.82, 2.24) is 4.98 Å². The van der Waals surface area contributed by atoms with Crippen molar-refractivity contribution in [3.8, 4) is 0 Å². The van der Waals surface area contributed by atoms with Crippen molar-refractivity contribution in [3.63, 3.8) is 0 Å². The largest absolute Gasteiger partial charge is 0.372 e. The Labute approximate surface area is 206 Å².